The average molecular weight is 264 g/mol. The number of sulfone groups is 1. The van der Waals surface area contributed by atoms with Crippen LogP contribution in [0.5, 0.6) is 0 Å². The van der Waals surface area contributed by atoms with Crippen molar-refractivity contribution >= 4 is 15.7 Å². The van der Waals surface area contributed by atoms with E-state index in [1.807, 2.05) is 13.8 Å². The van der Waals surface area contributed by atoms with E-state index in [4.69, 9.17) is 5.73 Å². The number of hydrogen-bond acceptors (Lipinski definition) is 4. The van der Waals surface area contributed by atoms with E-state index in [0.29, 0.717) is 6.54 Å². The smallest absolute Gasteiger partial charge is 0.235 e. The van der Waals surface area contributed by atoms with Gasteiger partial charge in [0, 0.05) is 6.04 Å². The first-order valence-corrected chi connectivity index (χ1v) is 7.82. The summed E-state index contributed by atoms with van der Waals surface area (Å²) in [6.07, 6.45) is 1.81. The van der Waals surface area contributed by atoms with Crippen molar-refractivity contribution in [1.82, 2.24) is 5.32 Å². The molecule has 102 valence electrons. The first-order chi connectivity index (χ1) is 7.80. The molecule has 0 bridgehead atoms. The number of carbonyl (C=O) groups is 1. The van der Waals surface area contributed by atoms with Crippen LogP contribution in [0.2, 0.25) is 0 Å². The molecule has 0 radical (unpaired) electrons. The van der Waals surface area contributed by atoms with Gasteiger partial charge in [-0.3, -0.25) is 4.79 Å². The van der Waals surface area contributed by atoms with Crippen LogP contribution in [-0.4, -0.2) is 38.4 Å². The van der Waals surface area contributed by atoms with E-state index < -0.39 is 21.5 Å². The molecule has 17 heavy (non-hydrogen) atoms. The van der Waals surface area contributed by atoms with Crippen molar-refractivity contribution in [1.29, 1.82) is 0 Å². The van der Waals surface area contributed by atoms with Gasteiger partial charge in [0.05, 0.1) is 5.75 Å². The number of nitrogens with one attached hydrogen (secondary N) is 1. The quantitative estimate of drug-likeness (QED) is 0.660. The lowest BCUT2D eigenvalue weighted by atomic mass is 10.2. The van der Waals surface area contributed by atoms with Crippen molar-refractivity contribution in [3.05, 3.63) is 0 Å². The third kappa shape index (κ3) is 8.15. The lowest BCUT2D eigenvalue weighted by Crippen LogP contribution is -2.38. The van der Waals surface area contributed by atoms with E-state index in [1.165, 1.54) is 0 Å². The summed E-state index contributed by atoms with van der Waals surface area (Å²) in [5, 5.41) is 2.68. The fraction of sp³-hybridized carbons (Fsp3) is 0.909. The maximum atomic E-state index is 11.6. The third-order valence-corrected chi connectivity index (χ3v) is 4.20. The zero-order valence-corrected chi connectivity index (χ0v) is 11.7. The Kier molecular flexibility index (Phi) is 7.38. The van der Waals surface area contributed by atoms with Crippen molar-refractivity contribution in [3.8, 4) is 0 Å². The summed E-state index contributed by atoms with van der Waals surface area (Å²) in [4.78, 5) is 11.5. The van der Waals surface area contributed by atoms with Crippen molar-refractivity contribution in [2.24, 2.45) is 11.7 Å². The molecule has 0 aliphatic rings. The first kappa shape index (κ1) is 16.4. The average Bonchev–Trinajstić information content (AvgIpc) is 2.15. The van der Waals surface area contributed by atoms with Crippen LogP contribution >= 0.6 is 0 Å². The second-order valence-corrected chi connectivity index (χ2v) is 6.76. The summed E-state index contributed by atoms with van der Waals surface area (Å²) < 4.78 is 23.3. The molecule has 0 aromatic carbocycles. The van der Waals surface area contributed by atoms with Crippen LogP contribution in [-0.2, 0) is 14.6 Å². The van der Waals surface area contributed by atoms with Gasteiger partial charge in [-0.15, -0.1) is 0 Å². The topological polar surface area (TPSA) is 89.3 Å². The molecule has 0 rings (SSSR count). The molecule has 0 saturated heterocycles. The number of hydrogen-bond donors (Lipinski definition) is 2. The highest BCUT2D eigenvalue weighted by Crippen LogP contribution is 2.01. The predicted octanol–water partition coefficient (Wildman–Crippen LogP) is 0.301. The Morgan fingerprint density at radius 1 is 1.35 bits per heavy atom. The van der Waals surface area contributed by atoms with E-state index in [0.717, 1.165) is 12.8 Å². The van der Waals surface area contributed by atoms with Crippen LogP contribution in [0.1, 0.15) is 33.6 Å². The highest BCUT2D eigenvalue weighted by molar-refractivity contribution is 7.92. The van der Waals surface area contributed by atoms with Gasteiger partial charge in [-0.05, 0) is 25.8 Å². The summed E-state index contributed by atoms with van der Waals surface area (Å²) >= 11 is 0. The molecular weight excluding hydrogens is 240 g/mol. The molecule has 0 heterocycles. The SMILES string of the molecule is CCCC(C)NC(=O)CS(=O)(=O)CC(C)CN. The van der Waals surface area contributed by atoms with Crippen LogP contribution in [0, 0.1) is 5.92 Å². The fourth-order valence-corrected chi connectivity index (χ4v) is 3.19. The monoisotopic (exact) mass is 264 g/mol. The van der Waals surface area contributed by atoms with Gasteiger partial charge in [0.15, 0.2) is 9.84 Å². The van der Waals surface area contributed by atoms with Gasteiger partial charge >= 0.3 is 0 Å². The standard InChI is InChI=1S/C11H24N2O3S/c1-4-5-10(3)13-11(14)8-17(15,16)7-9(2)6-12/h9-10H,4-8,12H2,1-3H3,(H,13,14). The van der Waals surface area contributed by atoms with Crippen LogP contribution in [0.15, 0.2) is 0 Å². The molecule has 6 heteroatoms. The lowest BCUT2D eigenvalue weighted by molar-refractivity contribution is -0.119. The van der Waals surface area contributed by atoms with Gasteiger partial charge in [0.25, 0.3) is 0 Å². The Balaban J connectivity index is 4.19. The van der Waals surface area contributed by atoms with Gasteiger partial charge in [0.2, 0.25) is 5.91 Å². The molecule has 0 spiro atoms. The summed E-state index contributed by atoms with van der Waals surface area (Å²) in [5.41, 5.74) is 5.37. The number of carbonyl (C=O) groups excluding carboxylic acids is 1. The second-order valence-electron chi connectivity index (χ2n) is 4.65. The van der Waals surface area contributed by atoms with Gasteiger partial charge in [0.1, 0.15) is 5.75 Å². The summed E-state index contributed by atoms with van der Waals surface area (Å²) in [5.74, 6) is -0.999. The van der Waals surface area contributed by atoms with E-state index >= 15 is 0 Å². The van der Waals surface area contributed by atoms with Gasteiger partial charge in [-0.1, -0.05) is 20.3 Å². The maximum Gasteiger partial charge on any atom is 0.235 e. The van der Waals surface area contributed by atoms with Gasteiger partial charge in [-0.2, -0.15) is 0 Å². The summed E-state index contributed by atoms with van der Waals surface area (Å²) in [6, 6.07) is 0.0228. The third-order valence-electron chi connectivity index (χ3n) is 2.42. The van der Waals surface area contributed by atoms with E-state index in [9.17, 15) is 13.2 Å². The van der Waals surface area contributed by atoms with Crippen LogP contribution in [0.3, 0.4) is 0 Å². The number of nitrogens with two attached hydrogens (primary N) is 1. The number of rotatable bonds is 8. The Hall–Kier alpha value is -0.620. The minimum atomic E-state index is -3.34. The molecule has 0 fully saturated rings. The molecule has 1 amide bonds. The molecule has 3 N–H and O–H groups in total. The van der Waals surface area contributed by atoms with Crippen LogP contribution in [0.4, 0.5) is 0 Å². The van der Waals surface area contributed by atoms with E-state index in [-0.39, 0.29) is 17.7 Å². The highest BCUT2D eigenvalue weighted by atomic mass is 32.2. The Bertz CT molecular complexity index is 328. The maximum absolute atomic E-state index is 11.6. The second kappa shape index (κ2) is 7.66. The van der Waals surface area contributed by atoms with Gasteiger partial charge in [-0.25, -0.2) is 8.42 Å². The Labute approximate surface area is 104 Å². The molecule has 0 aromatic rings. The molecule has 0 saturated carbocycles. The van der Waals surface area contributed by atoms with Crippen LogP contribution in [0.25, 0.3) is 0 Å². The van der Waals surface area contributed by atoms with E-state index in [1.54, 1.807) is 6.92 Å². The van der Waals surface area contributed by atoms with Crippen molar-refractivity contribution < 1.29 is 13.2 Å². The molecule has 5 nitrogen and oxygen atoms in total. The highest BCUT2D eigenvalue weighted by Gasteiger charge is 2.20. The zero-order chi connectivity index (χ0) is 13.5. The minimum Gasteiger partial charge on any atom is -0.353 e. The first-order valence-electron chi connectivity index (χ1n) is 6.00. The van der Waals surface area contributed by atoms with Crippen molar-refractivity contribution in [2.75, 3.05) is 18.1 Å². The van der Waals surface area contributed by atoms with Gasteiger partial charge < -0.3 is 11.1 Å². The predicted molar refractivity (Wildman–Crippen MR) is 69.4 cm³/mol. The normalized spacial score (nSPS) is 15.3. The minimum absolute atomic E-state index is 0.0228. The van der Waals surface area contributed by atoms with Crippen molar-refractivity contribution in [2.45, 2.75) is 39.7 Å². The Morgan fingerprint density at radius 2 is 1.94 bits per heavy atom. The molecule has 2 unspecified atom stereocenters. The Morgan fingerprint density at radius 3 is 2.41 bits per heavy atom. The zero-order valence-electron chi connectivity index (χ0n) is 10.9. The summed E-state index contributed by atoms with van der Waals surface area (Å²) in [6.45, 7) is 5.96. The summed E-state index contributed by atoms with van der Waals surface area (Å²) in [7, 11) is -3.34. The van der Waals surface area contributed by atoms with Crippen LogP contribution < -0.4 is 11.1 Å². The largest absolute Gasteiger partial charge is 0.353 e. The number of amides is 1. The lowest BCUT2D eigenvalue weighted by Gasteiger charge is -2.13. The molecule has 2 atom stereocenters. The molecule has 0 aliphatic heterocycles. The molecule has 0 aliphatic carbocycles. The molecular formula is C11H24N2O3S. The fourth-order valence-electron chi connectivity index (χ4n) is 1.58. The van der Waals surface area contributed by atoms with Crippen molar-refractivity contribution in [3.63, 3.8) is 0 Å². The van der Waals surface area contributed by atoms with E-state index in [2.05, 4.69) is 5.32 Å². The molecule has 0 aromatic heterocycles.